The number of sulfonamides is 1. The Hall–Kier alpha value is -1.31. The number of nitrogens with one attached hydrogen (secondary N) is 1. The van der Waals surface area contributed by atoms with Crippen LogP contribution in [-0.4, -0.2) is 19.9 Å². The van der Waals surface area contributed by atoms with E-state index in [-0.39, 0.29) is 11.4 Å². The van der Waals surface area contributed by atoms with Crippen molar-refractivity contribution in [1.82, 2.24) is 9.71 Å². The van der Waals surface area contributed by atoms with E-state index >= 15 is 0 Å². The van der Waals surface area contributed by atoms with Crippen molar-refractivity contribution in [3.05, 3.63) is 45.7 Å². The van der Waals surface area contributed by atoms with Gasteiger partial charge < -0.3 is 0 Å². The minimum absolute atomic E-state index is 0.0757. The highest BCUT2D eigenvalue weighted by Crippen LogP contribution is 2.14. The first-order valence-electron chi connectivity index (χ1n) is 6.05. The molecule has 108 valence electrons. The number of benzene rings is 1. The summed E-state index contributed by atoms with van der Waals surface area (Å²) in [6.07, 6.45) is 0.540. The van der Waals surface area contributed by atoms with Crippen LogP contribution >= 0.6 is 11.3 Å². The van der Waals surface area contributed by atoms with Gasteiger partial charge in [-0.15, -0.1) is 11.3 Å². The molecule has 0 bridgehead atoms. The van der Waals surface area contributed by atoms with Gasteiger partial charge in [0, 0.05) is 24.0 Å². The van der Waals surface area contributed by atoms with Crippen LogP contribution in [0, 0.1) is 19.7 Å². The van der Waals surface area contributed by atoms with Crippen molar-refractivity contribution in [3.8, 4) is 0 Å². The zero-order valence-corrected chi connectivity index (χ0v) is 12.8. The highest BCUT2D eigenvalue weighted by atomic mass is 32.2. The minimum atomic E-state index is -3.60. The maximum absolute atomic E-state index is 13.1. The van der Waals surface area contributed by atoms with Crippen LogP contribution in [0.15, 0.2) is 28.5 Å². The summed E-state index contributed by atoms with van der Waals surface area (Å²) in [7, 11) is -3.60. The number of aryl methyl sites for hydroxylation is 2. The lowest BCUT2D eigenvalue weighted by Gasteiger charge is -2.07. The molecular formula is C13H15FN2O2S2. The van der Waals surface area contributed by atoms with Gasteiger partial charge in [0.15, 0.2) is 0 Å². The molecule has 0 amide bonds. The Kier molecular flexibility index (Phi) is 4.52. The van der Waals surface area contributed by atoms with E-state index in [2.05, 4.69) is 9.71 Å². The van der Waals surface area contributed by atoms with E-state index in [9.17, 15) is 12.8 Å². The summed E-state index contributed by atoms with van der Waals surface area (Å²) in [6, 6.07) is 3.75. The number of thiazole rings is 1. The van der Waals surface area contributed by atoms with Gasteiger partial charge in [0.2, 0.25) is 10.0 Å². The fourth-order valence-electron chi connectivity index (χ4n) is 1.68. The Morgan fingerprint density at radius 3 is 2.70 bits per heavy atom. The van der Waals surface area contributed by atoms with E-state index in [0.29, 0.717) is 12.0 Å². The van der Waals surface area contributed by atoms with E-state index in [0.717, 1.165) is 16.8 Å². The van der Waals surface area contributed by atoms with Gasteiger partial charge in [0.1, 0.15) is 5.82 Å². The molecule has 0 saturated carbocycles. The fraction of sp³-hybridized carbons (Fsp3) is 0.308. The molecule has 20 heavy (non-hydrogen) atoms. The molecule has 1 heterocycles. The minimum Gasteiger partial charge on any atom is -0.247 e. The summed E-state index contributed by atoms with van der Waals surface area (Å²) in [5, 5.41) is 2.81. The first-order valence-corrected chi connectivity index (χ1v) is 8.41. The maximum Gasteiger partial charge on any atom is 0.240 e. The molecule has 0 aliphatic carbocycles. The second-order valence-electron chi connectivity index (χ2n) is 4.44. The first-order chi connectivity index (χ1) is 9.38. The molecule has 0 aliphatic rings. The summed E-state index contributed by atoms with van der Waals surface area (Å²) >= 11 is 1.50. The van der Waals surface area contributed by atoms with E-state index in [1.807, 2.05) is 12.3 Å². The van der Waals surface area contributed by atoms with Crippen LogP contribution in [-0.2, 0) is 16.4 Å². The highest BCUT2D eigenvalue weighted by Gasteiger charge is 2.14. The van der Waals surface area contributed by atoms with Crippen molar-refractivity contribution >= 4 is 21.4 Å². The number of hydrogen-bond acceptors (Lipinski definition) is 4. The van der Waals surface area contributed by atoms with Crippen LogP contribution in [0.25, 0.3) is 0 Å². The number of halogens is 1. The molecule has 0 fully saturated rings. The van der Waals surface area contributed by atoms with Crippen molar-refractivity contribution in [2.75, 3.05) is 6.54 Å². The summed E-state index contributed by atoms with van der Waals surface area (Å²) in [5.41, 5.74) is 1.24. The number of rotatable bonds is 5. The van der Waals surface area contributed by atoms with Gasteiger partial charge in [0.25, 0.3) is 0 Å². The third-order valence-electron chi connectivity index (χ3n) is 2.74. The molecule has 0 saturated heterocycles. The van der Waals surface area contributed by atoms with E-state index < -0.39 is 15.8 Å². The zero-order chi connectivity index (χ0) is 14.8. The van der Waals surface area contributed by atoms with Crippen LogP contribution in [0.5, 0.6) is 0 Å². The van der Waals surface area contributed by atoms with Gasteiger partial charge in [-0.3, -0.25) is 0 Å². The average molecular weight is 314 g/mol. The SMILES string of the molecule is Cc1csc(CCNS(=O)(=O)c2ccc(F)c(C)c2)n1. The highest BCUT2D eigenvalue weighted by molar-refractivity contribution is 7.89. The van der Waals surface area contributed by atoms with Crippen molar-refractivity contribution in [3.63, 3.8) is 0 Å². The van der Waals surface area contributed by atoms with Crippen LogP contribution < -0.4 is 4.72 Å². The number of nitrogens with zero attached hydrogens (tertiary/aromatic N) is 1. The lowest BCUT2D eigenvalue weighted by Crippen LogP contribution is -2.26. The lowest BCUT2D eigenvalue weighted by molar-refractivity contribution is 0.580. The summed E-state index contributed by atoms with van der Waals surface area (Å²) in [5.74, 6) is -0.415. The van der Waals surface area contributed by atoms with Crippen LogP contribution in [0.3, 0.4) is 0 Å². The molecule has 2 rings (SSSR count). The largest absolute Gasteiger partial charge is 0.247 e. The Labute approximate surface area is 121 Å². The first kappa shape index (κ1) is 15.1. The van der Waals surface area contributed by atoms with Crippen molar-refractivity contribution in [1.29, 1.82) is 0 Å². The second kappa shape index (κ2) is 5.99. The summed E-state index contributed by atoms with van der Waals surface area (Å²) in [6.45, 7) is 3.70. The van der Waals surface area contributed by atoms with E-state index in [4.69, 9.17) is 0 Å². The van der Waals surface area contributed by atoms with Crippen molar-refractivity contribution < 1.29 is 12.8 Å². The van der Waals surface area contributed by atoms with Crippen molar-refractivity contribution in [2.45, 2.75) is 25.2 Å². The number of aromatic nitrogens is 1. The monoisotopic (exact) mass is 314 g/mol. The van der Waals surface area contributed by atoms with Gasteiger partial charge in [-0.25, -0.2) is 22.5 Å². The summed E-state index contributed by atoms with van der Waals surface area (Å²) in [4.78, 5) is 4.34. The average Bonchev–Trinajstić information content (AvgIpc) is 2.78. The molecule has 1 aromatic heterocycles. The van der Waals surface area contributed by atoms with E-state index in [1.165, 1.54) is 30.4 Å². The van der Waals surface area contributed by atoms with Gasteiger partial charge >= 0.3 is 0 Å². The maximum atomic E-state index is 13.1. The second-order valence-corrected chi connectivity index (χ2v) is 7.15. The van der Waals surface area contributed by atoms with Crippen LogP contribution in [0.4, 0.5) is 4.39 Å². The zero-order valence-electron chi connectivity index (χ0n) is 11.2. The molecule has 1 aromatic carbocycles. The Bertz CT molecular complexity index is 711. The quantitative estimate of drug-likeness (QED) is 0.922. The number of hydrogen-bond donors (Lipinski definition) is 1. The lowest BCUT2D eigenvalue weighted by atomic mass is 10.2. The smallest absolute Gasteiger partial charge is 0.240 e. The van der Waals surface area contributed by atoms with Crippen molar-refractivity contribution in [2.24, 2.45) is 0 Å². The predicted octanol–water partition coefficient (Wildman–Crippen LogP) is 2.42. The summed E-state index contributed by atoms with van der Waals surface area (Å²) < 4.78 is 39.7. The normalized spacial score (nSPS) is 11.8. The molecule has 0 spiro atoms. The third kappa shape index (κ3) is 3.62. The Morgan fingerprint density at radius 1 is 1.35 bits per heavy atom. The van der Waals surface area contributed by atoms with Gasteiger partial charge in [0.05, 0.1) is 9.90 Å². The van der Waals surface area contributed by atoms with Crippen LogP contribution in [0.2, 0.25) is 0 Å². The molecule has 0 atom stereocenters. The van der Waals surface area contributed by atoms with Crippen LogP contribution in [0.1, 0.15) is 16.3 Å². The van der Waals surface area contributed by atoms with Gasteiger partial charge in [-0.2, -0.15) is 0 Å². The van der Waals surface area contributed by atoms with E-state index in [1.54, 1.807) is 0 Å². The molecule has 0 radical (unpaired) electrons. The Balaban J connectivity index is 2.02. The third-order valence-corrected chi connectivity index (χ3v) is 5.22. The molecule has 0 aliphatic heterocycles. The topological polar surface area (TPSA) is 59.1 Å². The molecule has 1 N–H and O–H groups in total. The molecule has 7 heteroatoms. The fourth-order valence-corrected chi connectivity index (χ4v) is 3.57. The van der Waals surface area contributed by atoms with Gasteiger partial charge in [-0.05, 0) is 37.6 Å². The Morgan fingerprint density at radius 2 is 2.10 bits per heavy atom. The van der Waals surface area contributed by atoms with Gasteiger partial charge in [-0.1, -0.05) is 0 Å². The molecule has 2 aromatic rings. The molecule has 0 unspecified atom stereocenters. The molecule has 4 nitrogen and oxygen atoms in total. The standard InChI is InChI=1S/C13H15FN2O2S2/c1-9-7-11(3-4-12(9)14)20(17,18)15-6-5-13-16-10(2)8-19-13/h3-4,7-8,15H,5-6H2,1-2H3. The molecular weight excluding hydrogens is 299 g/mol. The predicted molar refractivity (Wildman–Crippen MR) is 76.9 cm³/mol.